The monoisotopic (exact) mass is 321 g/mol. The highest BCUT2D eigenvalue weighted by Crippen LogP contribution is 2.20. The quantitative estimate of drug-likeness (QED) is 0.917. The standard InChI is InChI=1S/C14H16BrN3O/c1-10-5-3-4-6-12(10)13(19-2)9-18-14-16-7-11(15)8-17-14/h3-8,13H,9H2,1-2H3,(H,16,17,18). The Morgan fingerprint density at radius 3 is 2.58 bits per heavy atom. The SMILES string of the molecule is COC(CNc1ncc(Br)cn1)c1ccccc1C. The Morgan fingerprint density at radius 2 is 1.95 bits per heavy atom. The molecule has 5 heteroatoms. The van der Waals surface area contributed by atoms with Gasteiger partial charge in [0.2, 0.25) is 5.95 Å². The van der Waals surface area contributed by atoms with E-state index in [0.717, 1.165) is 4.47 Å². The van der Waals surface area contributed by atoms with Crippen LogP contribution < -0.4 is 5.32 Å². The molecule has 0 fully saturated rings. The van der Waals surface area contributed by atoms with Gasteiger partial charge in [-0.2, -0.15) is 0 Å². The summed E-state index contributed by atoms with van der Waals surface area (Å²) >= 11 is 3.31. The Balaban J connectivity index is 2.04. The number of hydrogen-bond acceptors (Lipinski definition) is 4. The van der Waals surface area contributed by atoms with Crippen LogP contribution in [0.1, 0.15) is 17.2 Å². The van der Waals surface area contributed by atoms with Crippen LogP contribution in [0.25, 0.3) is 0 Å². The Morgan fingerprint density at radius 1 is 1.26 bits per heavy atom. The number of benzene rings is 1. The molecule has 1 aromatic heterocycles. The molecule has 1 aromatic carbocycles. The van der Waals surface area contributed by atoms with E-state index in [2.05, 4.69) is 50.3 Å². The van der Waals surface area contributed by atoms with E-state index in [4.69, 9.17) is 4.74 Å². The summed E-state index contributed by atoms with van der Waals surface area (Å²) in [5.74, 6) is 0.596. The molecule has 0 spiro atoms. The van der Waals surface area contributed by atoms with Crippen molar-refractivity contribution in [1.82, 2.24) is 9.97 Å². The number of anilines is 1. The fraction of sp³-hybridized carbons (Fsp3) is 0.286. The highest BCUT2D eigenvalue weighted by molar-refractivity contribution is 9.10. The van der Waals surface area contributed by atoms with Gasteiger partial charge in [-0.1, -0.05) is 24.3 Å². The van der Waals surface area contributed by atoms with Crippen molar-refractivity contribution < 1.29 is 4.74 Å². The van der Waals surface area contributed by atoms with Gasteiger partial charge >= 0.3 is 0 Å². The summed E-state index contributed by atoms with van der Waals surface area (Å²) in [6.45, 7) is 2.71. The number of methoxy groups -OCH3 is 1. The first-order valence-electron chi connectivity index (χ1n) is 6.00. The summed E-state index contributed by atoms with van der Waals surface area (Å²) in [5, 5.41) is 3.18. The zero-order chi connectivity index (χ0) is 13.7. The molecule has 1 heterocycles. The molecule has 0 aliphatic rings. The van der Waals surface area contributed by atoms with Crippen molar-refractivity contribution in [2.75, 3.05) is 19.0 Å². The summed E-state index contributed by atoms with van der Waals surface area (Å²) in [7, 11) is 1.71. The number of nitrogens with zero attached hydrogens (tertiary/aromatic N) is 2. The van der Waals surface area contributed by atoms with E-state index in [-0.39, 0.29) is 6.10 Å². The van der Waals surface area contributed by atoms with Crippen molar-refractivity contribution in [3.8, 4) is 0 Å². The van der Waals surface area contributed by atoms with Crippen LogP contribution >= 0.6 is 15.9 Å². The molecule has 0 bridgehead atoms. The number of aromatic nitrogens is 2. The molecule has 1 atom stereocenters. The Bertz CT molecular complexity index is 530. The minimum absolute atomic E-state index is 0.0200. The summed E-state index contributed by atoms with van der Waals surface area (Å²) in [6, 6.07) is 8.20. The van der Waals surface area contributed by atoms with E-state index in [0.29, 0.717) is 12.5 Å². The maximum Gasteiger partial charge on any atom is 0.222 e. The average molecular weight is 322 g/mol. The summed E-state index contributed by atoms with van der Waals surface area (Å²) in [6.07, 6.45) is 3.41. The molecule has 100 valence electrons. The average Bonchev–Trinajstić information content (AvgIpc) is 2.43. The fourth-order valence-electron chi connectivity index (χ4n) is 1.86. The van der Waals surface area contributed by atoms with Gasteiger partial charge in [0.05, 0.1) is 10.6 Å². The molecule has 0 radical (unpaired) electrons. The molecule has 19 heavy (non-hydrogen) atoms. The lowest BCUT2D eigenvalue weighted by atomic mass is 10.0. The van der Waals surface area contributed by atoms with E-state index in [9.17, 15) is 0 Å². The number of aryl methyl sites for hydroxylation is 1. The lowest BCUT2D eigenvalue weighted by Crippen LogP contribution is -2.16. The van der Waals surface area contributed by atoms with Crippen molar-refractivity contribution in [1.29, 1.82) is 0 Å². The van der Waals surface area contributed by atoms with Crippen LogP contribution in [0.2, 0.25) is 0 Å². The zero-order valence-corrected chi connectivity index (χ0v) is 12.5. The maximum atomic E-state index is 5.54. The lowest BCUT2D eigenvalue weighted by Gasteiger charge is -2.18. The second-order valence-electron chi connectivity index (χ2n) is 4.19. The van der Waals surface area contributed by atoms with E-state index < -0.39 is 0 Å². The molecule has 0 aliphatic heterocycles. The van der Waals surface area contributed by atoms with Gasteiger partial charge in [0.25, 0.3) is 0 Å². The highest BCUT2D eigenvalue weighted by Gasteiger charge is 2.12. The smallest absolute Gasteiger partial charge is 0.222 e. The summed E-state index contributed by atoms with van der Waals surface area (Å²) < 4.78 is 6.40. The van der Waals surface area contributed by atoms with Crippen molar-refractivity contribution >= 4 is 21.9 Å². The number of hydrogen-bond donors (Lipinski definition) is 1. The van der Waals surface area contributed by atoms with Crippen LogP contribution in [-0.2, 0) is 4.74 Å². The Hall–Kier alpha value is -1.46. The molecule has 0 aliphatic carbocycles. The van der Waals surface area contributed by atoms with Crippen LogP contribution in [0.3, 0.4) is 0 Å². The predicted octanol–water partition coefficient (Wildman–Crippen LogP) is 3.35. The summed E-state index contributed by atoms with van der Waals surface area (Å²) in [5.41, 5.74) is 2.39. The van der Waals surface area contributed by atoms with Gasteiger partial charge in [-0.05, 0) is 34.0 Å². The minimum atomic E-state index is -0.0200. The molecule has 0 amide bonds. The van der Waals surface area contributed by atoms with Crippen LogP contribution in [0.15, 0.2) is 41.1 Å². The predicted molar refractivity (Wildman–Crippen MR) is 79.2 cm³/mol. The first-order valence-corrected chi connectivity index (χ1v) is 6.79. The second kappa shape index (κ2) is 6.63. The molecular weight excluding hydrogens is 306 g/mol. The van der Waals surface area contributed by atoms with Crippen LogP contribution in [0.4, 0.5) is 5.95 Å². The van der Waals surface area contributed by atoms with E-state index in [1.165, 1.54) is 11.1 Å². The zero-order valence-electron chi connectivity index (χ0n) is 10.9. The van der Waals surface area contributed by atoms with Crippen molar-refractivity contribution in [3.63, 3.8) is 0 Å². The molecule has 1 N–H and O–H groups in total. The third kappa shape index (κ3) is 3.75. The molecule has 2 aromatic rings. The number of nitrogens with one attached hydrogen (secondary N) is 1. The van der Waals surface area contributed by atoms with Crippen LogP contribution in [-0.4, -0.2) is 23.6 Å². The normalized spacial score (nSPS) is 12.2. The van der Waals surface area contributed by atoms with Gasteiger partial charge in [-0.3, -0.25) is 0 Å². The molecular formula is C14H16BrN3O. The molecule has 2 rings (SSSR count). The van der Waals surface area contributed by atoms with Gasteiger partial charge in [-0.15, -0.1) is 0 Å². The van der Waals surface area contributed by atoms with Gasteiger partial charge in [-0.25, -0.2) is 9.97 Å². The molecule has 0 saturated heterocycles. The number of halogens is 1. The maximum absolute atomic E-state index is 5.54. The number of rotatable bonds is 5. The highest BCUT2D eigenvalue weighted by atomic mass is 79.9. The van der Waals surface area contributed by atoms with Gasteiger partial charge in [0, 0.05) is 26.0 Å². The minimum Gasteiger partial charge on any atom is -0.375 e. The van der Waals surface area contributed by atoms with Crippen LogP contribution in [0.5, 0.6) is 0 Å². The van der Waals surface area contributed by atoms with E-state index >= 15 is 0 Å². The third-order valence-corrected chi connectivity index (χ3v) is 3.30. The summed E-state index contributed by atoms with van der Waals surface area (Å²) in [4.78, 5) is 8.35. The first kappa shape index (κ1) is 14.0. The van der Waals surface area contributed by atoms with Crippen molar-refractivity contribution in [2.45, 2.75) is 13.0 Å². The van der Waals surface area contributed by atoms with E-state index in [1.807, 2.05) is 12.1 Å². The van der Waals surface area contributed by atoms with Crippen molar-refractivity contribution in [2.24, 2.45) is 0 Å². The number of ether oxygens (including phenoxy) is 1. The first-order chi connectivity index (χ1) is 9.20. The van der Waals surface area contributed by atoms with Gasteiger partial charge in [0.1, 0.15) is 0 Å². The third-order valence-electron chi connectivity index (χ3n) is 2.89. The fourth-order valence-corrected chi connectivity index (χ4v) is 2.06. The molecule has 1 unspecified atom stereocenters. The van der Waals surface area contributed by atoms with E-state index in [1.54, 1.807) is 19.5 Å². The topological polar surface area (TPSA) is 47.0 Å². The van der Waals surface area contributed by atoms with Gasteiger partial charge in [0.15, 0.2) is 0 Å². The van der Waals surface area contributed by atoms with Gasteiger partial charge < -0.3 is 10.1 Å². The molecule has 0 saturated carbocycles. The second-order valence-corrected chi connectivity index (χ2v) is 5.10. The van der Waals surface area contributed by atoms with Crippen LogP contribution in [0, 0.1) is 6.92 Å². The molecule has 4 nitrogen and oxygen atoms in total. The lowest BCUT2D eigenvalue weighted by molar-refractivity contribution is 0.113. The van der Waals surface area contributed by atoms with Crippen molar-refractivity contribution in [3.05, 3.63) is 52.3 Å². The Kier molecular flexibility index (Phi) is 4.87. The Labute approximate surface area is 121 Å². The largest absolute Gasteiger partial charge is 0.375 e.